The lowest BCUT2D eigenvalue weighted by Gasteiger charge is -2.13. The average molecular weight is 118 g/mol. The van der Waals surface area contributed by atoms with Gasteiger partial charge in [0.15, 0.2) is 0 Å². The summed E-state index contributed by atoms with van der Waals surface area (Å²) in [5.74, 6) is -0.213. The van der Waals surface area contributed by atoms with Crippen LogP contribution in [0.25, 0.3) is 0 Å². The molecule has 0 aromatic rings. The molecule has 0 aliphatic carbocycles. The summed E-state index contributed by atoms with van der Waals surface area (Å²) < 4.78 is 0. The smallest absolute Gasteiger partial charge is 0.222 e. The molecule has 0 unspecified atom stereocenters. The maximum absolute atomic E-state index is 10.3. The van der Waals surface area contributed by atoms with Gasteiger partial charge in [0.05, 0.1) is 6.67 Å². The number of aliphatic hydroxyl groups is 1. The van der Waals surface area contributed by atoms with Crippen LogP contribution in [0.3, 0.4) is 0 Å². The van der Waals surface area contributed by atoms with Crippen molar-refractivity contribution in [2.75, 3.05) is 13.4 Å². The standard InChI is InChI=1S/C4H10N2O2/c1-4(8)6(2-5)3-7/h7H,2-3,5H2,1H3. The van der Waals surface area contributed by atoms with Crippen molar-refractivity contribution in [2.24, 2.45) is 5.73 Å². The van der Waals surface area contributed by atoms with Crippen LogP contribution in [0.2, 0.25) is 0 Å². The van der Waals surface area contributed by atoms with Crippen molar-refractivity contribution in [3.63, 3.8) is 0 Å². The molecule has 1 amide bonds. The number of nitrogens with two attached hydrogens (primary N) is 1. The molecule has 0 aliphatic heterocycles. The monoisotopic (exact) mass is 118 g/mol. The second-order valence-corrected chi connectivity index (χ2v) is 1.38. The zero-order chi connectivity index (χ0) is 6.57. The number of carbonyl (C=O) groups excluding carboxylic acids is 1. The van der Waals surface area contributed by atoms with E-state index in [1.165, 1.54) is 6.92 Å². The van der Waals surface area contributed by atoms with E-state index < -0.39 is 0 Å². The molecule has 48 valence electrons. The molecule has 0 saturated carbocycles. The van der Waals surface area contributed by atoms with Crippen molar-refractivity contribution in [2.45, 2.75) is 6.92 Å². The summed E-state index contributed by atoms with van der Waals surface area (Å²) in [6.45, 7) is 1.13. The van der Waals surface area contributed by atoms with Crippen LogP contribution in [0.5, 0.6) is 0 Å². The zero-order valence-corrected chi connectivity index (χ0v) is 4.79. The summed E-state index contributed by atoms with van der Waals surface area (Å²) >= 11 is 0. The second-order valence-electron chi connectivity index (χ2n) is 1.38. The summed E-state index contributed by atoms with van der Waals surface area (Å²) in [7, 11) is 0. The van der Waals surface area contributed by atoms with Crippen LogP contribution >= 0.6 is 0 Å². The highest BCUT2D eigenvalue weighted by Gasteiger charge is 2.00. The molecule has 0 heterocycles. The minimum Gasteiger partial charge on any atom is -0.376 e. The molecule has 0 aromatic heterocycles. The summed E-state index contributed by atoms with van der Waals surface area (Å²) in [5.41, 5.74) is 5.03. The van der Waals surface area contributed by atoms with Crippen molar-refractivity contribution < 1.29 is 9.90 Å². The molecule has 0 aliphatic rings. The summed E-state index contributed by atoms with van der Waals surface area (Å²) in [6.07, 6.45) is 0. The SMILES string of the molecule is CC(=O)N(CN)CO. The molecule has 4 nitrogen and oxygen atoms in total. The number of nitrogens with zero attached hydrogens (tertiary/aromatic N) is 1. The third kappa shape index (κ3) is 1.90. The molecule has 0 radical (unpaired) electrons. The maximum Gasteiger partial charge on any atom is 0.222 e. The van der Waals surface area contributed by atoms with Crippen LogP contribution in [0.1, 0.15) is 6.92 Å². The quantitative estimate of drug-likeness (QED) is 0.443. The topological polar surface area (TPSA) is 66.6 Å². The molecule has 0 rings (SSSR count). The van der Waals surface area contributed by atoms with Gasteiger partial charge in [0, 0.05) is 6.92 Å². The number of rotatable bonds is 2. The molecular weight excluding hydrogens is 108 g/mol. The normalized spacial score (nSPS) is 8.88. The first-order valence-electron chi connectivity index (χ1n) is 2.28. The van der Waals surface area contributed by atoms with Gasteiger partial charge in [-0.1, -0.05) is 0 Å². The Morgan fingerprint density at radius 2 is 2.38 bits per heavy atom. The van der Waals surface area contributed by atoms with E-state index in [1.54, 1.807) is 0 Å². The van der Waals surface area contributed by atoms with Gasteiger partial charge in [-0.3, -0.25) is 4.79 Å². The minimum absolute atomic E-state index is 0.0752. The van der Waals surface area contributed by atoms with E-state index in [1.807, 2.05) is 0 Å². The van der Waals surface area contributed by atoms with Crippen LogP contribution in [0, 0.1) is 0 Å². The number of hydrogen-bond donors (Lipinski definition) is 2. The average Bonchev–Trinajstić information content (AvgIpc) is 1.69. The largest absolute Gasteiger partial charge is 0.376 e. The van der Waals surface area contributed by atoms with Gasteiger partial charge in [-0.2, -0.15) is 0 Å². The molecule has 0 fully saturated rings. The fourth-order valence-corrected chi connectivity index (χ4v) is 0.286. The Kier molecular flexibility index (Phi) is 3.14. The minimum atomic E-state index is -0.300. The third-order valence-electron chi connectivity index (χ3n) is 0.836. The Morgan fingerprint density at radius 1 is 1.88 bits per heavy atom. The Bertz CT molecular complexity index is 80.1. The second kappa shape index (κ2) is 3.40. The van der Waals surface area contributed by atoms with Crippen molar-refractivity contribution in [1.82, 2.24) is 4.90 Å². The highest BCUT2D eigenvalue weighted by atomic mass is 16.3. The van der Waals surface area contributed by atoms with Crippen molar-refractivity contribution in [3.05, 3.63) is 0 Å². The number of hydrogen-bond acceptors (Lipinski definition) is 3. The van der Waals surface area contributed by atoms with Gasteiger partial charge in [0.25, 0.3) is 0 Å². The van der Waals surface area contributed by atoms with Crippen LogP contribution < -0.4 is 5.73 Å². The van der Waals surface area contributed by atoms with E-state index >= 15 is 0 Å². The molecule has 0 aromatic carbocycles. The van der Waals surface area contributed by atoms with Crippen molar-refractivity contribution in [3.8, 4) is 0 Å². The molecule has 8 heavy (non-hydrogen) atoms. The van der Waals surface area contributed by atoms with Crippen LogP contribution in [-0.4, -0.2) is 29.3 Å². The molecule has 3 N–H and O–H groups in total. The van der Waals surface area contributed by atoms with E-state index in [0.29, 0.717) is 0 Å². The first-order chi connectivity index (χ1) is 3.72. The molecular formula is C4H10N2O2. The van der Waals surface area contributed by atoms with Gasteiger partial charge >= 0.3 is 0 Å². The lowest BCUT2D eigenvalue weighted by molar-refractivity contribution is -0.132. The van der Waals surface area contributed by atoms with E-state index in [9.17, 15) is 4.79 Å². The van der Waals surface area contributed by atoms with Crippen molar-refractivity contribution >= 4 is 5.91 Å². The molecule has 0 bridgehead atoms. The van der Waals surface area contributed by atoms with E-state index in [2.05, 4.69) is 0 Å². The first kappa shape index (κ1) is 7.39. The third-order valence-corrected chi connectivity index (χ3v) is 0.836. The lowest BCUT2D eigenvalue weighted by atomic mass is 10.6. The molecule has 0 atom stereocenters. The molecule has 0 saturated heterocycles. The van der Waals surface area contributed by atoms with Crippen LogP contribution in [0.15, 0.2) is 0 Å². The first-order valence-corrected chi connectivity index (χ1v) is 2.28. The highest BCUT2D eigenvalue weighted by Crippen LogP contribution is 1.79. The lowest BCUT2D eigenvalue weighted by Crippen LogP contribution is -2.34. The van der Waals surface area contributed by atoms with Gasteiger partial charge in [-0.05, 0) is 0 Å². The number of aliphatic hydroxyl groups excluding tert-OH is 1. The Labute approximate surface area is 47.9 Å². The Hall–Kier alpha value is -0.610. The number of carbonyl (C=O) groups is 1. The fraction of sp³-hybridized carbons (Fsp3) is 0.750. The van der Waals surface area contributed by atoms with Crippen LogP contribution in [0.4, 0.5) is 0 Å². The number of amides is 1. The highest BCUT2D eigenvalue weighted by molar-refractivity contribution is 5.72. The molecule has 4 heteroatoms. The fourth-order valence-electron chi connectivity index (χ4n) is 0.286. The van der Waals surface area contributed by atoms with Gasteiger partial charge in [-0.25, -0.2) is 0 Å². The Morgan fingerprint density at radius 3 is 2.38 bits per heavy atom. The van der Waals surface area contributed by atoms with Gasteiger partial charge < -0.3 is 15.7 Å². The van der Waals surface area contributed by atoms with Gasteiger partial charge in [0.1, 0.15) is 6.73 Å². The predicted molar refractivity (Wildman–Crippen MR) is 28.7 cm³/mol. The summed E-state index contributed by atoms with van der Waals surface area (Å²) in [5, 5.41) is 8.32. The van der Waals surface area contributed by atoms with E-state index in [0.717, 1.165) is 4.90 Å². The summed E-state index contributed by atoms with van der Waals surface area (Å²) in [6, 6.07) is 0. The predicted octanol–water partition coefficient (Wildman–Crippen LogP) is -1.30. The van der Waals surface area contributed by atoms with Crippen LogP contribution in [-0.2, 0) is 4.79 Å². The summed E-state index contributed by atoms with van der Waals surface area (Å²) in [4.78, 5) is 11.4. The van der Waals surface area contributed by atoms with E-state index in [4.69, 9.17) is 10.8 Å². The Balaban J connectivity index is 3.52. The van der Waals surface area contributed by atoms with Gasteiger partial charge in [-0.15, -0.1) is 0 Å². The zero-order valence-electron chi connectivity index (χ0n) is 4.79. The maximum atomic E-state index is 10.3. The molecule has 0 spiro atoms. The van der Waals surface area contributed by atoms with E-state index in [-0.39, 0.29) is 19.3 Å². The van der Waals surface area contributed by atoms with Crippen molar-refractivity contribution in [1.29, 1.82) is 0 Å². The van der Waals surface area contributed by atoms with Gasteiger partial charge in [0.2, 0.25) is 5.91 Å².